The largest absolute Gasteiger partial charge is 0.504 e. The van der Waals surface area contributed by atoms with Crippen molar-refractivity contribution in [2.24, 2.45) is 0 Å². The molecule has 3 aromatic rings. The fourth-order valence-electron chi connectivity index (χ4n) is 4.22. The second-order valence-electron chi connectivity index (χ2n) is 8.61. The van der Waals surface area contributed by atoms with Gasteiger partial charge in [-0.2, -0.15) is 0 Å². The van der Waals surface area contributed by atoms with Crippen LogP contribution >= 0.6 is 11.3 Å². The number of aromatic nitrogens is 1. The molecule has 4 rings (SSSR count). The van der Waals surface area contributed by atoms with E-state index < -0.39 is 5.60 Å². The summed E-state index contributed by atoms with van der Waals surface area (Å²) in [5.41, 5.74) is 2.18. The average Bonchev–Trinajstić information content (AvgIpc) is 3.13. The number of ether oxygens (including phenoxy) is 4. The van der Waals surface area contributed by atoms with E-state index in [4.69, 9.17) is 18.9 Å². The lowest BCUT2D eigenvalue weighted by atomic mass is 9.87. The van der Waals surface area contributed by atoms with Gasteiger partial charge in [-0.05, 0) is 44.4 Å². The van der Waals surface area contributed by atoms with Crippen molar-refractivity contribution < 1.29 is 29.2 Å². The maximum atomic E-state index is 11.3. The summed E-state index contributed by atoms with van der Waals surface area (Å²) < 4.78 is 23.3. The minimum atomic E-state index is -0.460. The summed E-state index contributed by atoms with van der Waals surface area (Å²) >= 11 is 1.01. The van der Waals surface area contributed by atoms with Crippen LogP contribution in [0.3, 0.4) is 0 Å². The van der Waals surface area contributed by atoms with Gasteiger partial charge >= 0.3 is 4.87 Å². The second-order valence-corrected chi connectivity index (χ2v) is 9.67. The lowest BCUT2D eigenvalue weighted by molar-refractivity contribution is 0.0386. The summed E-state index contributed by atoms with van der Waals surface area (Å²) in [6, 6.07) is 7.59. The summed E-state index contributed by atoms with van der Waals surface area (Å²) in [5, 5.41) is 20.2. The number of H-pyrrole nitrogens is 1. The van der Waals surface area contributed by atoms with Gasteiger partial charge in [0, 0.05) is 24.0 Å². The van der Waals surface area contributed by atoms with Gasteiger partial charge in [0.05, 0.1) is 25.7 Å². The van der Waals surface area contributed by atoms with Crippen LogP contribution in [-0.2, 0) is 12.8 Å². The van der Waals surface area contributed by atoms with E-state index in [1.807, 2.05) is 38.1 Å². The molecule has 0 aliphatic carbocycles. The van der Waals surface area contributed by atoms with Gasteiger partial charge in [0.2, 0.25) is 17.4 Å². The van der Waals surface area contributed by atoms with Crippen molar-refractivity contribution in [1.29, 1.82) is 0 Å². The number of phenolic OH excluding ortho intramolecular Hbond substituents is 1. The maximum Gasteiger partial charge on any atom is 0.307 e. The predicted octanol–water partition coefficient (Wildman–Crippen LogP) is 4.32. The molecule has 2 aromatic carbocycles. The third-order valence-corrected chi connectivity index (χ3v) is 7.13. The van der Waals surface area contributed by atoms with E-state index in [-0.39, 0.29) is 22.3 Å². The van der Waals surface area contributed by atoms with Gasteiger partial charge in [0.15, 0.2) is 11.5 Å². The Kier molecular flexibility index (Phi) is 6.65. The van der Waals surface area contributed by atoms with Gasteiger partial charge in [-0.3, -0.25) is 9.78 Å². The number of rotatable bonds is 8. The number of phenols is 1. The number of fused-ring (bicyclic) bond motifs is 1. The number of methoxy groups -OCH3 is 2. The van der Waals surface area contributed by atoms with Crippen LogP contribution in [0.4, 0.5) is 0 Å². The highest BCUT2D eigenvalue weighted by atomic mass is 32.1. The minimum absolute atomic E-state index is 0.0720. The molecule has 182 valence electrons. The molecule has 34 heavy (non-hydrogen) atoms. The summed E-state index contributed by atoms with van der Waals surface area (Å²) in [6.07, 6.45) is 2.66. The number of benzene rings is 2. The first-order chi connectivity index (χ1) is 16.2. The molecule has 0 saturated carbocycles. The first kappa shape index (κ1) is 23.8. The van der Waals surface area contributed by atoms with Crippen LogP contribution in [0.1, 0.15) is 41.3 Å². The van der Waals surface area contributed by atoms with Crippen LogP contribution < -0.4 is 23.8 Å². The molecule has 1 atom stereocenters. The monoisotopic (exact) mass is 487 g/mol. The van der Waals surface area contributed by atoms with E-state index in [2.05, 4.69) is 4.98 Å². The smallest absolute Gasteiger partial charge is 0.307 e. The highest BCUT2D eigenvalue weighted by molar-refractivity contribution is 7.09. The number of hydrogen-bond acceptors (Lipinski definition) is 8. The third-order valence-electron chi connectivity index (χ3n) is 6.26. The normalized spacial score (nSPS) is 17.1. The van der Waals surface area contributed by atoms with Crippen LogP contribution in [0.5, 0.6) is 34.6 Å². The van der Waals surface area contributed by atoms with Gasteiger partial charge in [0.25, 0.3) is 0 Å². The zero-order chi connectivity index (χ0) is 24.5. The summed E-state index contributed by atoms with van der Waals surface area (Å²) in [5.74, 6) is 2.04. The molecule has 1 aliphatic heterocycles. The Bertz CT molecular complexity index is 1230. The molecular weight excluding hydrogens is 458 g/mol. The summed E-state index contributed by atoms with van der Waals surface area (Å²) in [7, 11) is 3.03. The zero-order valence-corrected chi connectivity index (χ0v) is 20.5. The Morgan fingerprint density at radius 3 is 2.47 bits per heavy atom. The molecule has 0 saturated heterocycles. The number of hydrogen-bond donors (Lipinski definition) is 3. The van der Waals surface area contributed by atoms with E-state index in [1.165, 1.54) is 14.2 Å². The quantitative estimate of drug-likeness (QED) is 0.434. The molecule has 0 spiro atoms. The Morgan fingerprint density at radius 2 is 1.85 bits per heavy atom. The topological polar surface area (TPSA) is 110 Å². The van der Waals surface area contributed by atoms with Crippen molar-refractivity contribution in [3.63, 3.8) is 0 Å². The van der Waals surface area contributed by atoms with Crippen molar-refractivity contribution >= 4 is 11.3 Å². The molecule has 3 N–H and O–H groups in total. The van der Waals surface area contributed by atoms with Gasteiger partial charge < -0.3 is 29.2 Å². The highest BCUT2D eigenvalue weighted by Gasteiger charge is 2.37. The minimum Gasteiger partial charge on any atom is -0.504 e. The van der Waals surface area contributed by atoms with Gasteiger partial charge in [-0.1, -0.05) is 23.5 Å². The molecule has 0 bridgehead atoms. The number of nitrogens with one attached hydrogen (secondary N) is 1. The molecule has 1 aliphatic rings. The molecule has 0 amide bonds. The lowest BCUT2D eigenvalue weighted by Crippen LogP contribution is -2.38. The van der Waals surface area contributed by atoms with Crippen LogP contribution in [0.25, 0.3) is 0 Å². The van der Waals surface area contributed by atoms with Gasteiger partial charge in [-0.25, -0.2) is 0 Å². The summed E-state index contributed by atoms with van der Waals surface area (Å²) in [6.45, 7) is 4.36. The Morgan fingerprint density at radius 1 is 1.15 bits per heavy atom. The molecule has 8 nitrogen and oxygen atoms in total. The number of aromatic amines is 1. The number of thiazole rings is 1. The highest BCUT2D eigenvalue weighted by Crippen LogP contribution is 2.52. The fourth-order valence-corrected chi connectivity index (χ4v) is 4.98. The fraction of sp³-hybridized carbons (Fsp3) is 0.400. The molecule has 1 aromatic heterocycles. The van der Waals surface area contributed by atoms with E-state index in [0.717, 1.165) is 46.6 Å². The molecule has 1 unspecified atom stereocenters. The molecule has 0 fully saturated rings. The van der Waals surface area contributed by atoms with E-state index in [9.17, 15) is 15.0 Å². The van der Waals surface area contributed by atoms with Crippen LogP contribution in [0.15, 0.2) is 29.1 Å². The SMILES string of the molecule is COc1c(O)c(C)c2c(c1OC)OC(C)(CCOc1ccc(Cc3sc(=O)[nH]c3O)cc1)CC2. The Hall–Kier alpha value is -3.33. The predicted molar refractivity (Wildman–Crippen MR) is 129 cm³/mol. The van der Waals surface area contributed by atoms with Crippen LogP contribution in [0.2, 0.25) is 0 Å². The van der Waals surface area contributed by atoms with Crippen molar-refractivity contribution in [2.45, 2.75) is 45.1 Å². The van der Waals surface area contributed by atoms with Gasteiger partial charge in [0.1, 0.15) is 11.4 Å². The van der Waals surface area contributed by atoms with Crippen molar-refractivity contribution in [2.75, 3.05) is 20.8 Å². The average molecular weight is 488 g/mol. The Labute approximate surface area is 201 Å². The zero-order valence-electron chi connectivity index (χ0n) is 19.7. The Balaban J connectivity index is 1.40. The van der Waals surface area contributed by atoms with Crippen LogP contribution in [-0.4, -0.2) is 41.6 Å². The van der Waals surface area contributed by atoms with Crippen molar-refractivity contribution in [1.82, 2.24) is 4.98 Å². The maximum absolute atomic E-state index is 11.3. The lowest BCUT2D eigenvalue weighted by Gasteiger charge is -2.37. The number of aromatic hydroxyl groups is 2. The van der Waals surface area contributed by atoms with Crippen LogP contribution in [0, 0.1) is 6.92 Å². The molecule has 0 radical (unpaired) electrons. The molecule has 9 heteroatoms. The first-order valence-electron chi connectivity index (χ1n) is 11.0. The third kappa shape index (κ3) is 4.65. The first-order valence-corrected chi connectivity index (χ1v) is 11.8. The van der Waals surface area contributed by atoms with Gasteiger partial charge in [-0.15, -0.1) is 0 Å². The van der Waals surface area contributed by atoms with Crippen molar-refractivity contribution in [3.05, 3.63) is 55.5 Å². The molecular formula is C25H29NO7S. The van der Waals surface area contributed by atoms with E-state index in [1.54, 1.807) is 0 Å². The summed E-state index contributed by atoms with van der Waals surface area (Å²) in [4.78, 5) is 14.1. The standard InChI is InChI=1S/C25H29NO7S/c1-14-17-9-10-25(2,33-20(17)22(31-4)21(30-3)19(14)27)11-12-32-16-7-5-15(6-8-16)13-18-23(28)26-24(29)34-18/h5-8,27-28H,9-13H2,1-4H3,(H,26,29). The molecule has 2 heterocycles. The van der Waals surface area contributed by atoms with E-state index in [0.29, 0.717) is 35.8 Å². The van der Waals surface area contributed by atoms with Crippen molar-refractivity contribution in [3.8, 4) is 34.6 Å². The second kappa shape index (κ2) is 9.50. The van der Waals surface area contributed by atoms with E-state index >= 15 is 0 Å².